The van der Waals surface area contributed by atoms with Gasteiger partial charge in [-0.25, -0.2) is 9.78 Å². The maximum Gasteiger partial charge on any atom is 0.342 e. The van der Waals surface area contributed by atoms with Crippen molar-refractivity contribution in [2.45, 2.75) is 20.1 Å². The van der Waals surface area contributed by atoms with Crippen molar-refractivity contribution >= 4 is 17.3 Å². The third-order valence-electron chi connectivity index (χ3n) is 3.58. The minimum absolute atomic E-state index is 0.0912. The molecule has 0 aliphatic rings. The molecule has 0 unspecified atom stereocenters. The second-order valence-electron chi connectivity index (χ2n) is 5.53. The van der Waals surface area contributed by atoms with Gasteiger partial charge < -0.3 is 9.47 Å². The number of rotatable bonds is 6. The van der Waals surface area contributed by atoms with Crippen molar-refractivity contribution in [2.24, 2.45) is 0 Å². The Morgan fingerprint density at radius 2 is 2.04 bits per heavy atom. The van der Waals surface area contributed by atoms with Gasteiger partial charge in [0.2, 0.25) is 0 Å². The van der Waals surface area contributed by atoms with Gasteiger partial charge in [-0.2, -0.15) is 5.26 Å². The molecule has 5 nitrogen and oxygen atoms in total. The molecule has 0 aliphatic carbocycles. The first kappa shape index (κ1) is 17.6. The van der Waals surface area contributed by atoms with Crippen LogP contribution in [-0.2, 0) is 18.0 Å². The zero-order chi connectivity index (χ0) is 18.4. The molecule has 6 heteroatoms. The molecule has 1 aromatic heterocycles. The molecule has 0 amide bonds. The number of esters is 1. The average Bonchev–Trinajstić information content (AvgIpc) is 3.10. The minimum Gasteiger partial charge on any atom is -0.486 e. The van der Waals surface area contributed by atoms with Gasteiger partial charge in [-0.3, -0.25) is 0 Å². The molecule has 0 aliphatic heterocycles. The lowest BCUT2D eigenvalue weighted by atomic mass is 10.1. The van der Waals surface area contributed by atoms with Crippen molar-refractivity contribution in [3.05, 3.63) is 81.3 Å². The monoisotopic (exact) mass is 364 g/mol. The molecule has 2 aromatic carbocycles. The molecule has 0 fully saturated rings. The molecule has 0 atom stereocenters. The van der Waals surface area contributed by atoms with E-state index in [1.165, 1.54) is 0 Å². The van der Waals surface area contributed by atoms with Gasteiger partial charge in [0.05, 0.1) is 22.3 Å². The van der Waals surface area contributed by atoms with Gasteiger partial charge in [0.25, 0.3) is 0 Å². The zero-order valence-electron chi connectivity index (χ0n) is 14.1. The summed E-state index contributed by atoms with van der Waals surface area (Å²) < 4.78 is 11.1. The van der Waals surface area contributed by atoms with E-state index in [2.05, 4.69) is 11.1 Å². The predicted octanol–water partition coefficient (Wildman–Crippen LogP) is 4.26. The van der Waals surface area contributed by atoms with Crippen molar-refractivity contribution in [2.75, 3.05) is 0 Å². The molecule has 26 heavy (non-hydrogen) atoms. The normalized spacial score (nSPS) is 10.2. The summed E-state index contributed by atoms with van der Waals surface area (Å²) in [6.07, 6.45) is 0. The molecule has 0 bridgehead atoms. The molecule has 0 saturated carbocycles. The summed E-state index contributed by atoms with van der Waals surface area (Å²) in [4.78, 5) is 16.8. The van der Waals surface area contributed by atoms with Crippen LogP contribution in [0.25, 0.3) is 0 Å². The Bertz CT molecular complexity index is 959. The fraction of sp³-hybridized carbons (Fsp3) is 0.150. The lowest BCUT2D eigenvalue weighted by molar-refractivity contribution is 0.0467. The van der Waals surface area contributed by atoms with E-state index in [1.54, 1.807) is 59.9 Å². The smallest absolute Gasteiger partial charge is 0.342 e. The van der Waals surface area contributed by atoms with Gasteiger partial charge in [0.15, 0.2) is 0 Å². The summed E-state index contributed by atoms with van der Waals surface area (Å²) in [5.74, 6) is -0.0219. The fourth-order valence-electron chi connectivity index (χ4n) is 2.34. The van der Waals surface area contributed by atoms with Gasteiger partial charge in [0, 0.05) is 5.38 Å². The summed E-state index contributed by atoms with van der Waals surface area (Å²) in [5, 5.41) is 11.8. The average molecular weight is 364 g/mol. The first-order valence-corrected chi connectivity index (χ1v) is 8.82. The van der Waals surface area contributed by atoms with E-state index in [4.69, 9.17) is 14.7 Å². The van der Waals surface area contributed by atoms with Crippen LogP contribution in [0.2, 0.25) is 0 Å². The second kappa shape index (κ2) is 8.28. The Kier molecular flexibility index (Phi) is 5.62. The number of hydrogen-bond donors (Lipinski definition) is 0. The van der Waals surface area contributed by atoms with E-state index in [1.807, 2.05) is 12.3 Å². The first-order chi connectivity index (χ1) is 12.7. The van der Waals surface area contributed by atoms with Crippen LogP contribution in [0, 0.1) is 18.3 Å². The van der Waals surface area contributed by atoms with Crippen LogP contribution in [0.3, 0.4) is 0 Å². The topological polar surface area (TPSA) is 72.2 Å². The lowest BCUT2D eigenvalue weighted by Gasteiger charge is -2.10. The zero-order valence-corrected chi connectivity index (χ0v) is 15.0. The number of carbonyl (C=O) groups excluding carboxylic acids is 1. The van der Waals surface area contributed by atoms with E-state index >= 15 is 0 Å². The number of benzene rings is 2. The van der Waals surface area contributed by atoms with Crippen molar-refractivity contribution in [1.29, 1.82) is 5.26 Å². The van der Waals surface area contributed by atoms with Gasteiger partial charge in [0.1, 0.15) is 24.5 Å². The van der Waals surface area contributed by atoms with E-state index in [0.717, 1.165) is 16.3 Å². The quantitative estimate of drug-likeness (QED) is 0.611. The van der Waals surface area contributed by atoms with Crippen molar-refractivity contribution in [3.8, 4) is 11.8 Å². The third-order valence-corrected chi connectivity index (χ3v) is 4.40. The largest absolute Gasteiger partial charge is 0.486 e. The number of nitrogens with zero attached hydrogens (tertiary/aromatic N) is 2. The van der Waals surface area contributed by atoms with E-state index in [-0.39, 0.29) is 6.61 Å². The maximum absolute atomic E-state index is 12.4. The Morgan fingerprint density at radius 1 is 1.19 bits per heavy atom. The highest BCUT2D eigenvalue weighted by molar-refractivity contribution is 7.09. The van der Waals surface area contributed by atoms with Crippen LogP contribution in [0.5, 0.6) is 5.75 Å². The van der Waals surface area contributed by atoms with Crippen molar-refractivity contribution < 1.29 is 14.3 Å². The molecule has 0 saturated heterocycles. The van der Waals surface area contributed by atoms with E-state index in [9.17, 15) is 4.79 Å². The predicted molar refractivity (Wildman–Crippen MR) is 97.9 cm³/mol. The Hall–Kier alpha value is -3.17. The molecule has 0 spiro atoms. The lowest BCUT2D eigenvalue weighted by Crippen LogP contribution is -2.08. The third kappa shape index (κ3) is 4.47. The summed E-state index contributed by atoms with van der Waals surface area (Å²) >= 11 is 1.55. The number of carbonyl (C=O) groups is 1. The Morgan fingerprint density at radius 3 is 2.81 bits per heavy atom. The number of nitriles is 1. The highest BCUT2D eigenvalue weighted by atomic mass is 32.1. The first-order valence-electron chi connectivity index (χ1n) is 7.94. The fourth-order valence-corrected chi connectivity index (χ4v) is 2.94. The minimum atomic E-state index is -0.475. The van der Waals surface area contributed by atoms with Crippen LogP contribution in [0.15, 0.2) is 53.9 Å². The Labute approximate surface area is 155 Å². The van der Waals surface area contributed by atoms with Crippen LogP contribution in [0.4, 0.5) is 0 Å². The standard InChI is InChI=1S/C20H16N2O3S/c1-14-22-17(13-26-14)12-24-19-8-3-2-7-18(19)20(23)25-11-16-6-4-5-15(9-16)10-21/h2-9,13H,11-12H2,1H3. The van der Waals surface area contributed by atoms with Gasteiger partial charge >= 0.3 is 5.97 Å². The van der Waals surface area contributed by atoms with Crippen molar-refractivity contribution in [3.63, 3.8) is 0 Å². The number of ether oxygens (including phenoxy) is 2. The molecular formula is C20H16N2O3S. The molecule has 3 rings (SSSR count). The summed E-state index contributed by atoms with van der Waals surface area (Å²) in [5.41, 5.74) is 2.47. The molecule has 0 radical (unpaired) electrons. The van der Waals surface area contributed by atoms with E-state index < -0.39 is 5.97 Å². The van der Waals surface area contributed by atoms with E-state index in [0.29, 0.717) is 23.5 Å². The van der Waals surface area contributed by atoms with Gasteiger partial charge in [-0.05, 0) is 36.8 Å². The SMILES string of the molecule is Cc1nc(COc2ccccc2C(=O)OCc2cccc(C#N)c2)cs1. The highest BCUT2D eigenvalue weighted by Crippen LogP contribution is 2.21. The van der Waals surface area contributed by atoms with Crippen molar-refractivity contribution in [1.82, 2.24) is 4.98 Å². The molecular weight excluding hydrogens is 348 g/mol. The number of hydrogen-bond acceptors (Lipinski definition) is 6. The summed E-state index contributed by atoms with van der Waals surface area (Å²) in [6, 6.07) is 16.0. The summed E-state index contributed by atoms with van der Waals surface area (Å²) in [6.45, 7) is 2.31. The van der Waals surface area contributed by atoms with Gasteiger partial charge in [-0.1, -0.05) is 24.3 Å². The summed E-state index contributed by atoms with van der Waals surface area (Å²) in [7, 11) is 0. The van der Waals surface area contributed by atoms with Crippen LogP contribution < -0.4 is 4.74 Å². The number of aryl methyl sites for hydroxylation is 1. The second-order valence-corrected chi connectivity index (χ2v) is 6.59. The molecule has 1 heterocycles. The van der Waals surface area contributed by atoms with Gasteiger partial charge in [-0.15, -0.1) is 11.3 Å². The molecule has 0 N–H and O–H groups in total. The van der Waals surface area contributed by atoms with Crippen LogP contribution in [-0.4, -0.2) is 11.0 Å². The highest BCUT2D eigenvalue weighted by Gasteiger charge is 2.14. The number of para-hydroxylation sites is 1. The molecule has 130 valence electrons. The Balaban J connectivity index is 1.66. The maximum atomic E-state index is 12.4. The number of aromatic nitrogens is 1. The number of thiazole rings is 1. The molecule has 3 aromatic rings. The van der Waals surface area contributed by atoms with Crippen LogP contribution in [0.1, 0.15) is 32.2 Å². The van der Waals surface area contributed by atoms with Crippen LogP contribution >= 0.6 is 11.3 Å².